The van der Waals surface area contributed by atoms with Crippen molar-refractivity contribution in [2.45, 2.75) is 63.8 Å². The number of nitrogens with two attached hydrogens (primary N) is 1. The van der Waals surface area contributed by atoms with Gasteiger partial charge < -0.3 is 5.73 Å². The first-order valence-corrected chi connectivity index (χ1v) is 7.29. The molecule has 0 aromatic rings. The predicted octanol–water partition coefficient (Wildman–Crippen LogP) is 3.57. The molecule has 1 rings (SSSR count). The lowest BCUT2D eigenvalue weighted by Gasteiger charge is -2.31. The minimum atomic E-state index is 0.183. The summed E-state index contributed by atoms with van der Waals surface area (Å²) in [5, 5.41) is 0. The second-order valence-electron chi connectivity index (χ2n) is 4.58. The van der Waals surface area contributed by atoms with Gasteiger partial charge in [0.05, 0.1) is 0 Å². The zero-order valence-corrected chi connectivity index (χ0v) is 10.4. The molecular formula is C12H25NS. The topological polar surface area (TPSA) is 26.0 Å². The lowest BCUT2D eigenvalue weighted by atomic mass is 9.83. The van der Waals surface area contributed by atoms with Crippen molar-refractivity contribution in [2.24, 2.45) is 5.73 Å². The number of thioether (sulfide) groups is 1. The maximum atomic E-state index is 6.46. The van der Waals surface area contributed by atoms with Gasteiger partial charge in [0.1, 0.15) is 0 Å². The molecule has 14 heavy (non-hydrogen) atoms. The minimum absolute atomic E-state index is 0.183. The van der Waals surface area contributed by atoms with Gasteiger partial charge in [-0.3, -0.25) is 0 Å². The van der Waals surface area contributed by atoms with Gasteiger partial charge in [-0.2, -0.15) is 11.8 Å². The molecule has 0 saturated heterocycles. The molecule has 2 heteroatoms. The summed E-state index contributed by atoms with van der Waals surface area (Å²) in [5.41, 5.74) is 6.64. The summed E-state index contributed by atoms with van der Waals surface area (Å²) in [6.07, 6.45) is 10.7. The van der Waals surface area contributed by atoms with Gasteiger partial charge in [0, 0.05) is 5.54 Å². The van der Waals surface area contributed by atoms with Crippen LogP contribution in [0.3, 0.4) is 0 Å². The van der Waals surface area contributed by atoms with E-state index in [1.54, 1.807) is 0 Å². The minimum Gasteiger partial charge on any atom is -0.325 e. The fourth-order valence-corrected chi connectivity index (χ4v) is 3.12. The van der Waals surface area contributed by atoms with E-state index in [1.165, 1.54) is 62.9 Å². The Morgan fingerprint density at radius 1 is 1.07 bits per heavy atom. The van der Waals surface area contributed by atoms with E-state index in [1.807, 2.05) is 11.8 Å². The van der Waals surface area contributed by atoms with Gasteiger partial charge in [0.15, 0.2) is 0 Å². The van der Waals surface area contributed by atoms with E-state index >= 15 is 0 Å². The van der Waals surface area contributed by atoms with Crippen LogP contribution in [0.4, 0.5) is 0 Å². The van der Waals surface area contributed by atoms with Crippen LogP contribution in [0, 0.1) is 0 Å². The number of rotatable bonds is 4. The van der Waals surface area contributed by atoms with Crippen LogP contribution >= 0.6 is 11.8 Å². The summed E-state index contributed by atoms with van der Waals surface area (Å²) in [5.74, 6) is 2.49. The summed E-state index contributed by atoms with van der Waals surface area (Å²) in [7, 11) is 0. The molecule has 2 N–H and O–H groups in total. The van der Waals surface area contributed by atoms with Crippen LogP contribution in [-0.4, -0.2) is 17.0 Å². The first-order chi connectivity index (χ1) is 6.77. The van der Waals surface area contributed by atoms with Crippen LogP contribution in [-0.2, 0) is 0 Å². The van der Waals surface area contributed by atoms with Gasteiger partial charge in [-0.25, -0.2) is 0 Å². The molecule has 0 aromatic carbocycles. The first kappa shape index (κ1) is 12.4. The molecule has 1 fully saturated rings. The number of hydrogen-bond donors (Lipinski definition) is 1. The maximum absolute atomic E-state index is 6.46. The Balaban J connectivity index is 2.27. The maximum Gasteiger partial charge on any atom is 0.0162 e. The van der Waals surface area contributed by atoms with Gasteiger partial charge >= 0.3 is 0 Å². The predicted molar refractivity (Wildman–Crippen MR) is 66.9 cm³/mol. The summed E-state index contributed by atoms with van der Waals surface area (Å²) in [6, 6.07) is 0. The molecule has 0 bridgehead atoms. The van der Waals surface area contributed by atoms with Crippen molar-refractivity contribution in [3.8, 4) is 0 Å². The Hall–Kier alpha value is 0.310. The van der Waals surface area contributed by atoms with E-state index in [0.29, 0.717) is 0 Å². The van der Waals surface area contributed by atoms with Crippen molar-refractivity contribution >= 4 is 11.8 Å². The summed E-state index contributed by atoms with van der Waals surface area (Å²) < 4.78 is 0. The molecule has 0 radical (unpaired) electrons. The van der Waals surface area contributed by atoms with Crippen molar-refractivity contribution < 1.29 is 0 Å². The highest BCUT2D eigenvalue weighted by atomic mass is 32.2. The Kier molecular flexibility index (Phi) is 5.95. The van der Waals surface area contributed by atoms with Crippen LogP contribution in [0.25, 0.3) is 0 Å². The van der Waals surface area contributed by atoms with Crippen LogP contribution in [0.1, 0.15) is 58.3 Å². The summed E-state index contributed by atoms with van der Waals surface area (Å²) >= 11 is 2.03. The van der Waals surface area contributed by atoms with E-state index < -0.39 is 0 Å². The third-order valence-corrected chi connectivity index (χ3v) is 4.20. The zero-order valence-electron chi connectivity index (χ0n) is 9.56. The van der Waals surface area contributed by atoms with Gasteiger partial charge in [0.25, 0.3) is 0 Å². The van der Waals surface area contributed by atoms with E-state index in [0.717, 1.165) is 0 Å². The highest BCUT2D eigenvalue weighted by Crippen LogP contribution is 2.27. The van der Waals surface area contributed by atoms with Crippen molar-refractivity contribution in [3.63, 3.8) is 0 Å². The lowest BCUT2D eigenvalue weighted by molar-refractivity contribution is 0.309. The van der Waals surface area contributed by atoms with Crippen molar-refractivity contribution in [1.29, 1.82) is 0 Å². The SMILES string of the molecule is CCSCCC1(N)CCCCCCC1. The van der Waals surface area contributed by atoms with Crippen LogP contribution in [0.2, 0.25) is 0 Å². The van der Waals surface area contributed by atoms with E-state index in [-0.39, 0.29) is 5.54 Å². The third-order valence-electron chi connectivity index (χ3n) is 3.30. The molecular weight excluding hydrogens is 190 g/mol. The average Bonchev–Trinajstić information content (AvgIpc) is 2.13. The Morgan fingerprint density at radius 3 is 2.21 bits per heavy atom. The van der Waals surface area contributed by atoms with Crippen LogP contribution < -0.4 is 5.73 Å². The monoisotopic (exact) mass is 215 g/mol. The molecule has 84 valence electrons. The summed E-state index contributed by atoms with van der Waals surface area (Å²) in [4.78, 5) is 0. The Morgan fingerprint density at radius 2 is 1.64 bits per heavy atom. The van der Waals surface area contributed by atoms with Gasteiger partial charge in [-0.1, -0.05) is 39.0 Å². The molecule has 1 saturated carbocycles. The highest BCUT2D eigenvalue weighted by molar-refractivity contribution is 7.99. The van der Waals surface area contributed by atoms with E-state index in [4.69, 9.17) is 5.73 Å². The molecule has 0 aliphatic heterocycles. The summed E-state index contributed by atoms with van der Waals surface area (Å²) in [6.45, 7) is 2.23. The second-order valence-corrected chi connectivity index (χ2v) is 5.97. The first-order valence-electron chi connectivity index (χ1n) is 6.13. The normalized spacial score (nSPS) is 22.7. The fraction of sp³-hybridized carbons (Fsp3) is 1.00. The fourth-order valence-electron chi connectivity index (χ4n) is 2.28. The molecule has 0 amide bonds. The van der Waals surface area contributed by atoms with Gasteiger partial charge in [0.2, 0.25) is 0 Å². The second kappa shape index (κ2) is 6.73. The molecule has 0 aromatic heterocycles. The molecule has 0 spiro atoms. The van der Waals surface area contributed by atoms with Gasteiger partial charge in [-0.15, -0.1) is 0 Å². The Bertz CT molecular complexity index is 139. The smallest absolute Gasteiger partial charge is 0.0162 e. The average molecular weight is 215 g/mol. The molecule has 1 nitrogen and oxygen atoms in total. The molecule has 1 aliphatic rings. The molecule has 0 unspecified atom stereocenters. The molecule has 0 heterocycles. The highest BCUT2D eigenvalue weighted by Gasteiger charge is 2.24. The van der Waals surface area contributed by atoms with Crippen LogP contribution in [0.5, 0.6) is 0 Å². The molecule has 1 aliphatic carbocycles. The Labute approximate surface area is 93.2 Å². The lowest BCUT2D eigenvalue weighted by Crippen LogP contribution is -2.40. The number of hydrogen-bond acceptors (Lipinski definition) is 2. The van der Waals surface area contributed by atoms with E-state index in [2.05, 4.69) is 6.92 Å². The third kappa shape index (κ3) is 4.70. The molecule has 0 atom stereocenters. The van der Waals surface area contributed by atoms with Crippen molar-refractivity contribution in [1.82, 2.24) is 0 Å². The quantitative estimate of drug-likeness (QED) is 0.726. The van der Waals surface area contributed by atoms with E-state index in [9.17, 15) is 0 Å². The standard InChI is InChI=1S/C12H25NS/c1-2-14-11-10-12(13)8-6-4-3-5-7-9-12/h2-11,13H2,1H3. The zero-order chi connectivity index (χ0) is 10.3. The largest absolute Gasteiger partial charge is 0.325 e. The van der Waals surface area contributed by atoms with Gasteiger partial charge in [-0.05, 0) is 30.8 Å². The van der Waals surface area contributed by atoms with Crippen molar-refractivity contribution in [3.05, 3.63) is 0 Å². The van der Waals surface area contributed by atoms with Crippen molar-refractivity contribution in [2.75, 3.05) is 11.5 Å². The van der Waals surface area contributed by atoms with Crippen LogP contribution in [0.15, 0.2) is 0 Å².